The second-order valence-corrected chi connectivity index (χ2v) is 4.96. The van der Waals surface area contributed by atoms with Crippen LogP contribution in [0, 0.1) is 5.92 Å². The standard InChI is InChI=1S/C12H13BrN2O2/c1-7(12(16)17)5-8-3-4-9-10(6-8)15(2)14-11(9)13/h3-4,6-7H,5H2,1-2H3,(H,16,17). The van der Waals surface area contributed by atoms with E-state index in [-0.39, 0.29) is 5.92 Å². The average Bonchev–Trinajstić information content (AvgIpc) is 2.54. The minimum Gasteiger partial charge on any atom is -0.481 e. The van der Waals surface area contributed by atoms with E-state index in [0.717, 1.165) is 21.1 Å². The highest BCUT2D eigenvalue weighted by Gasteiger charge is 2.13. The van der Waals surface area contributed by atoms with Crippen molar-refractivity contribution in [2.75, 3.05) is 0 Å². The Bertz CT molecular complexity index is 577. The largest absolute Gasteiger partial charge is 0.481 e. The summed E-state index contributed by atoms with van der Waals surface area (Å²) in [4.78, 5) is 10.8. The molecule has 0 amide bonds. The summed E-state index contributed by atoms with van der Waals surface area (Å²) >= 11 is 3.39. The number of carbonyl (C=O) groups is 1. The number of carboxylic acid groups (broad SMARTS) is 1. The molecule has 0 aliphatic rings. The molecule has 0 aliphatic carbocycles. The molecule has 0 spiro atoms. The Morgan fingerprint density at radius 1 is 1.59 bits per heavy atom. The smallest absolute Gasteiger partial charge is 0.306 e. The third-order valence-corrected chi connectivity index (χ3v) is 3.42. The van der Waals surface area contributed by atoms with Crippen LogP contribution in [-0.2, 0) is 18.3 Å². The summed E-state index contributed by atoms with van der Waals surface area (Å²) in [6, 6.07) is 5.91. The van der Waals surface area contributed by atoms with E-state index in [1.165, 1.54) is 0 Å². The molecule has 17 heavy (non-hydrogen) atoms. The van der Waals surface area contributed by atoms with Gasteiger partial charge < -0.3 is 5.11 Å². The maximum atomic E-state index is 10.8. The number of aromatic nitrogens is 2. The highest BCUT2D eigenvalue weighted by Crippen LogP contribution is 2.24. The lowest BCUT2D eigenvalue weighted by atomic mass is 10.0. The molecule has 4 nitrogen and oxygen atoms in total. The van der Waals surface area contributed by atoms with Gasteiger partial charge in [-0.1, -0.05) is 13.0 Å². The summed E-state index contributed by atoms with van der Waals surface area (Å²) in [6.07, 6.45) is 0.536. The zero-order chi connectivity index (χ0) is 12.6. The summed E-state index contributed by atoms with van der Waals surface area (Å²) < 4.78 is 2.60. The van der Waals surface area contributed by atoms with Gasteiger partial charge in [0.15, 0.2) is 0 Å². The first-order valence-corrected chi connectivity index (χ1v) is 6.12. The molecule has 5 heteroatoms. The molecule has 2 aromatic rings. The van der Waals surface area contributed by atoms with E-state index in [9.17, 15) is 4.79 Å². The minimum atomic E-state index is -0.767. The predicted octanol–water partition coefficient (Wildman–Crippen LogP) is 2.60. The Kier molecular flexibility index (Phi) is 3.19. The number of halogens is 1. The molecule has 0 bridgehead atoms. The molecule has 0 saturated carbocycles. The Labute approximate surface area is 107 Å². The van der Waals surface area contributed by atoms with Gasteiger partial charge in [0.05, 0.1) is 11.4 Å². The number of carboxylic acids is 1. The topological polar surface area (TPSA) is 55.1 Å². The lowest BCUT2D eigenvalue weighted by molar-refractivity contribution is -0.141. The average molecular weight is 297 g/mol. The first kappa shape index (κ1) is 12.1. The summed E-state index contributed by atoms with van der Waals surface area (Å²) in [5, 5.41) is 14.2. The Balaban J connectivity index is 2.38. The van der Waals surface area contributed by atoms with E-state index in [4.69, 9.17) is 5.11 Å². The highest BCUT2D eigenvalue weighted by molar-refractivity contribution is 9.10. The molecule has 1 aromatic heterocycles. The van der Waals surface area contributed by atoms with E-state index in [1.54, 1.807) is 11.6 Å². The molecular weight excluding hydrogens is 284 g/mol. The zero-order valence-corrected chi connectivity index (χ0v) is 11.2. The van der Waals surface area contributed by atoms with Crippen LogP contribution in [0.4, 0.5) is 0 Å². The number of rotatable bonds is 3. The molecule has 0 fully saturated rings. The normalized spacial score (nSPS) is 12.9. The number of hydrogen-bond acceptors (Lipinski definition) is 2. The molecule has 1 unspecified atom stereocenters. The van der Waals surface area contributed by atoms with Crippen molar-refractivity contribution in [1.29, 1.82) is 0 Å². The molecule has 1 aromatic carbocycles. The van der Waals surface area contributed by atoms with Crippen LogP contribution >= 0.6 is 15.9 Å². The van der Waals surface area contributed by atoms with Gasteiger partial charge in [0.1, 0.15) is 4.60 Å². The lowest BCUT2D eigenvalue weighted by Gasteiger charge is -2.06. The Morgan fingerprint density at radius 2 is 2.29 bits per heavy atom. The minimum absolute atomic E-state index is 0.371. The van der Waals surface area contributed by atoms with E-state index in [2.05, 4.69) is 21.0 Å². The third kappa shape index (κ3) is 2.34. The summed E-state index contributed by atoms with van der Waals surface area (Å²) in [5.41, 5.74) is 2.02. The van der Waals surface area contributed by atoms with Crippen molar-refractivity contribution in [1.82, 2.24) is 9.78 Å². The summed E-state index contributed by atoms with van der Waals surface area (Å²) in [6.45, 7) is 1.71. The molecule has 2 rings (SSSR count). The van der Waals surface area contributed by atoms with Gasteiger partial charge in [-0.3, -0.25) is 9.48 Å². The second kappa shape index (κ2) is 4.49. The van der Waals surface area contributed by atoms with Gasteiger partial charge in [0.2, 0.25) is 0 Å². The van der Waals surface area contributed by atoms with E-state index >= 15 is 0 Å². The van der Waals surface area contributed by atoms with Crippen LogP contribution in [-0.4, -0.2) is 20.9 Å². The van der Waals surface area contributed by atoms with E-state index in [1.807, 2.05) is 25.2 Å². The molecule has 0 radical (unpaired) electrons. The van der Waals surface area contributed by atoms with Crippen LogP contribution in [0.25, 0.3) is 10.9 Å². The zero-order valence-electron chi connectivity index (χ0n) is 9.64. The molecular formula is C12H13BrN2O2. The maximum absolute atomic E-state index is 10.8. The Morgan fingerprint density at radius 3 is 2.94 bits per heavy atom. The van der Waals surface area contributed by atoms with Crippen LogP contribution in [0.15, 0.2) is 22.8 Å². The molecule has 1 N–H and O–H groups in total. The first-order valence-electron chi connectivity index (χ1n) is 5.33. The SMILES string of the molecule is CC(Cc1ccc2c(Br)nn(C)c2c1)C(=O)O. The summed E-state index contributed by atoms with van der Waals surface area (Å²) in [7, 11) is 1.87. The molecule has 90 valence electrons. The van der Waals surface area contributed by atoms with Gasteiger partial charge in [0, 0.05) is 12.4 Å². The number of aliphatic carboxylic acids is 1. The molecule has 1 atom stereocenters. The fourth-order valence-electron chi connectivity index (χ4n) is 1.83. The highest BCUT2D eigenvalue weighted by atomic mass is 79.9. The first-order chi connectivity index (χ1) is 7.99. The van der Waals surface area contributed by atoms with Crippen LogP contribution in [0.3, 0.4) is 0 Å². The number of fused-ring (bicyclic) bond motifs is 1. The third-order valence-electron chi connectivity index (χ3n) is 2.83. The van der Waals surface area contributed by atoms with E-state index < -0.39 is 5.97 Å². The molecule has 0 saturated heterocycles. The lowest BCUT2D eigenvalue weighted by Crippen LogP contribution is -2.12. The van der Waals surface area contributed by atoms with Crippen molar-refractivity contribution in [3.63, 3.8) is 0 Å². The fraction of sp³-hybridized carbons (Fsp3) is 0.333. The molecule has 0 aliphatic heterocycles. The number of nitrogens with zero attached hydrogens (tertiary/aromatic N) is 2. The monoisotopic (exact) mass is 296 g/mol. The van der Waals surface area contributed by atoms with Crippen LogP contribution in [0.2, 0.25) is 0 Å². The van der Waals surface area contributed by atoms with Crippen LogP contribution in [0.5, 0.6) is 0 Å². The van der Waals surface area contributed by atoms with Crippen molar-refractivity contribution in [2.24, 2.45) is 13.0 Å². The van der Waals surface area contributed by atoms with Crippen molar-refractivity contribution in [3.8, 4) is 0 Å². The number of hydrogen-bond donors (Lipinski definition) is 1. The quantitative estimate of drug-likeness (QED) is 0.947. The van der Waals surface area contributed by atoms with Crippen molar-refractivity contribution in [2.45, 2.75) is 13.3 Å². The Hall–Kier alpha value is -1.36. The van der Waals surface area contributed by atoms with Gasteiger partial charge in [-0.05, 0) is 40.0 Å². The van der Waals surface area contributed by atoms with Crippen LogP contribution in [0.1, 0.15) is 12.5 Å². The van der Waals surface area contributed by atoms with Gasteiger partial charge in [-0.15, -0.1) is 0 Å². The maximum Gasteiger partial charge on any atom is 0.306 e. The number of aryl methyl sites for hydroxylation is 1. The van der Waals surface area contributed by atoms with Gasteiger partial charge in [-0.25, -0.2) is 0 Å². The van der Waals surface area contributed by atoms with E-state index in [0.29, 0.717) is 6.42 Å². The van der Waals surface area contributed by atoms with Crippen molar-refractivity contribution in [3.05, 3.63) is 28.4 Å². The summed E-state index contributed by atoms with van der Waals surface area (Å²) in [5.74, 6) is -1.14. The van der Waals surface area contributed by atoms with Gasteiger partial charge in [-0.2, -0.15) is 5.10 Å². The second-order valence-electron chi connectivity index (χ2n) is 4.21. The molecule has 1 heterocycles. The fourth-order valence-corrected chi connectivity index (χ4v) is 2.40. The van der Waals surface area contributed by atoms with Gasteiger partial charge >= 0.3 is 5.97 Å². The van der Waals surface area contributed by atoms with Crippen LogP contribution < -0.4 is 0 Å². The number of benzene rings is 1. The van der Waals surface area contributed by atoms with Gasteiger partial charge in [0.25, 0.3) is 0 Å². The van der Waals surface area contributed by atoms with Crippen molar-refractivity contribution < 1.29 is 9.90 Å². The predicted molar refractivity (Wildman–Crippen MR) is 68.9 cm³/mol. The van der Waals surface area contributed by atoms with Crippen molar-refractivity contribution >= 4 is 32.8 Å².